The topological polar surface area (TPSA) is 51.2 Å². The number of anilines is 1. The molecule has 0 aliphatic rings. The van der Waals surface area contributed by atoms with Gasteiger partial charge in [-0.25, -0.2) is 9.37 Å². The van der Waals surface area contributed by atoms with Crippen molar-refractivity contribution < 1.29 is 13.9 Å². The molecule has 0 fully saturated rings. The Morgan fingerprint density at radius 2 is 2.00 bits per heavy atom. The average Bonchev–Trinajstić information content (AvgIpc) is 2.88. The number of benzene rings is 2. The van der Waals surface area contributed by atoms with E-state index in [1.807, 2.05) is 0 Å². The van der Waals surface area contributed by atoms with Gasteiger partial charge < -0.3 is 4.74 Å². The lowest BCUT2D eigenvalue weighted by Crippen LogP contribution is -2.11. The van der Waals surface area contributed by atoms with Gasteiger partial charge in [0.1, 0.15) is 11.6 Å². The molecule has 21 heavy (non-hydrogen) atoms. The Hall–Kier alpha value is -2.47. The zero-order valence-electron chi connectivity index (χ0n) is 11.1. The second kappa shape index (κ2) is 5.49. The number of hydrogen-bond acceptors (Lipinski definition) is 4. The molecule has 0 unspecified atom stereocenters. The Morgan fingerprint density at radius 1 is 1.24 bits per heavy atom. The summed E-state index contributed by atoms with van der Waals surface area (Å²) in [6.07, 6.45) is 0. The number of fused-ring (bicyclic) bond motifs is 1. The zero-order chi connectivity index (χ0) is 14.8. The zero-order valence-corrected chi connectivity index (χ0v) is 11.9. The minimum absolute atomic E-state index is 0.266. The van der Waals surface area contributed by atoms with Gasteiger partial charge >= 0.3 is 0 Å². The smallest absolute Gasteiger partial charge is 0.257 e. The number of carbonyl (C=O) groups excluding carboxylic acids is 1. The lowest BCUT2D eigenvalue weighted by Gasteiger charge is -2.03. The molecule has 2 aromatic carbocycles. The summed E-state index contributed by atoms with van der Waals surface area (Å²) in [5.41, 5.74) is 1.16. The van der Waals surface area contributed by atoms with Crippen molar-refractivity contribution in [3.05, 3.63) is 53.8 Å². The van der Waals surface area contributed by atoms with Crippen LogP contribution in [0.5, 0.6) is 5.75 Å². The highest BCUT2D eigenvalue weighted by Gasteiger charge is 2.10. The monoisotopic (exact) mass is 302 g/mol. The molecule has 3 aromatic rings. The first kappa shape index (κ1) is 13.5. The fourth-order valence-electron chi connectivity index (χ4n) is 1.86. The van der Waals surface area contributed by atoms with Crippen LogP contribution in [-0.4, -0.2) is 18.0 Å². The van der Waals surface area contributed by atoms with E-state index in [0.717, 1.165) is 0 Å². The Bertz CT molecular complexity index is 799. The number of ether oxygens (including phenoxy) is 1. The Morgan fingerprint density at radius 3 is 2.71 bits per heavy atom. The molecule has 0 aliphatic carbocycles. The van der Waals surface area contributed by atoms with Crippen LogP contribution in [0.3, 0.4) is 0 Å². The molecular weight excluding hydrogens is 291 g/mol. The van der Waals surface area contributed by atoms with Gasteiger partial charge in [0.05, 0.1) is 17.3 Å². The SMILES string of the molecule is COc1ccc(C(=O)Nc2nc3ccc(F)cc3s2)cc1. The predicted octanol–water partition coefficient (Wildman–Crippen LogP) is 3.70. The summed E-state index contributed by atoms with van der Waals surface area (Å²) in [7, 11) is 1.56. The molecule has 0 bridgehead atoms. The van der Waals surface area contributed by atoms with Crippen molar-refractivity contribution in [1.29, 1.82) is 0 Å². The van der Waals surface area contributed by atoms with Crippen molar-refractivity contribution in [3.8, 4) is 5.75 Å². The lowest BCUT2D eigenvalue weighted by atomic mass is 10.2. The summed E-state index contributed by atoms with van der Waals surface area (Å²) >= 11 is 1.23. The molecule has 3 rings (SSSR count). The van der Waals surface area contributed by atoms with Gasteiger partial charge in [-0.3, -0.25) is 10.1 Å². The first-order valence-corrected chi connectivity index (χ1v) is 6.99. The molecule has 1 heterocycles. The molecule has 0 aliphatic heterocycles. The first-order valence-electron chi connectivity index (χ1n) is 6.17. The van der Waals surface area contributed by atoms with Crippen LogP contribution >= 0.6 is 11.3 Å². The molecule has 4 nitrogen and oxygen atoms in total. The molecule has 0 atom stereocenters. The number of aromatic nitrogens is 1. The van der Waals surface area contributed by atoms with Crippen LogP contribution in [0.1, 0.15) is 10.4 Å². The van der Waals surface area contributed by atoms with E-state index in [1.54, 1.807) is 37.4 Å². The minimum Gasteiger partial charge on any atom is -0.497 e. The lowest BCUT2D eigenvalue weighted by molar-refractivity contribution is 0.102. The van der Waals surface area contributed by atoms with Gasteiger partial charge in [-0.2, -0.15) is 0 Å². The fraction of sp³-hybridized carbons (Fsp3) is 0.0667. The van der Waals surface area contributed by atoms with Gasteiger partial charge in [0.25, 0.3) is 5.91 Å². The average molecular weight is 302 g/mol. The first-order chi connectivity index (χ1) is 10.2. The summed E-state index contributed by atoms with van der Waals surface area (Å²) in [6, 6.07) is 11.1. The third kappa shape index (κ3) is 2.85. The summed E-state index contributed by atoms with van der Waals surface area (Å²) in [6.45, 7) is 0. The van der Waals surface area contributed by atoms with Crippen LogP contribution in [0.2, 0.25) is 0 Å². The number of halogens is 1. The summed E-state index contributed by atoms with van der Waals surface area (Å²) in [5.74, 6) is 0.0957. The quantitative estimate of drug-likeness (QED) is 0.802. The number of hydrogen-bond donors (Lipinski definition) is 1. The van der Waals surface area contributed by atoms with E-state index in [4.69, 9.17) is 4.74 Å². The van der Waals surface area contributed by atoms with Gasteiger partial charge in [-0.15, -0.1) is 0 Å². The summed E-state index contributed by atoms with van der Waals surface area (Å²) in [4.78, 5) is 16.3. The number of amides is 1. The van der Waals surface area contributed by atoms with E-state index in [0.29, 0.717) is 26.7 Å². The maximum atomic E-state index is 13.1. The molecule has 0 saturated carbocycles. The molecular formula is C15H11FN2O2S. The highest BCUT2D eigenvalue weighted by molar-refractivity contribution is 7.22. The van der Waals surface area contributed by atoms with Crippen molar-refractivity contribution in [2.75, 3.05) is 12.4 Å². The van der Waals surface area contributed by atoms with Crippen LogP contribution in [0, 0.1) is 5.82 Å². The van der Waals surface area contributed by atoms with Crippen molar-refractivity contribution in [2.45, 2.75) is 0 Å². The van der Waals surface area contributed by atoms with Crippen LogP contribution in [0.25, 0.3) is 10.2 Å². The minimum atomic E-state index is -0.320. The van der Waals surface area contributed by atoms with Gasteiger partial charge in [-0.1, -0.05) is 11.3 Å². The molecule has 1 aromatic heterocycles. The van der Waals surface area contributed by atoms with Crippen molar-refractivity contribution in [3.63, 3.8) is 0 Å². The van der Waals surface area contributed by atoms with Gasteiger partial charge in [0, 0.05) is 5.56 Å². The van der Waals surface area contributed by atoms with Gasteiger partial charge in [0.15, 0.2) is 5.13 Å². The van der Waals surface area contributed by atoms with Crippen molar-refractivity contribution >= 4 is 32.6 Å². The summed E-state index contributed by atoms with van der Waals surface area (Å²) < 4.78 is 18.9. The number of carbonyl (C=O) groups is 1. The van der Waals surface area contributed by atoms with Crippen molar-refractivity contribution in [1.82, 2.24) is 4.98 Å². The predicted molar refractivity (Wildman–Crippen MR) is 80.5 cm³/mol. The number of rotatable bonds is 3. The second-order valence-corrected chi connectivity index (χ2v) is 5.34. The normalized spacial score (nSPS) is 10.6. The van der Waals surface area contributed by atoms with Crippen LogP contribution in [0.4, 0.5) is 9.52 Å². The molecule has 0 saturated heterocycles. The second-order valence-electron chi connectivity index (χ2n) is 4.31. The molecule has 6 heteroatoms. The Balaban J connectivity index is 1.81. The molecule has 0 radical (unpaired) electrons. The number of thiazole rings is 1. The van der Waals surface area contributed by atoms with Gasteiger partial charge in [-0.05, 0) is 42.5 Å². The van der Waals surface area contributed by atoms with E-state index in [1.165, 1.54) is 23.5 Å². The maximum Gasteiger partial charge on any atom is 0.257 e. The van der Waals surface area contributed by atoms with E-state index in [-0.39, 0.29) is 11.7 Å². The van der Waals surface area contributed by atoms with Crippen molar-refractivity contribution in [2.24, 2.45) is 0 Å². The third-order valence-corrected chi connectivity index (χ3v) is 3.86. The molecule has 0 spiro atoms. The van der Waals surface area contributed by atoms with Crippen LogP contribution in [-0.2, 0) is 0 Å². The highest BCUT2D eigenvalue weighted by atomic mass is 32.1. The largest absolute Gasteiger partial charge is 0.497 e. The number of nitrogens with zero attached hydrogens (tertiary/aromatic N) is 1. The fourth-order valence-corrected chi connectivity index (χ4v) is 2.75. The van der Waals surface area contributed by atoms with E-state index in [2.05, 4.69) is 10.3 Å². The standard InChI is InChI=1S/C15H11FN2O2S/c1-20-11-5-2-9(3-6-11)14(19)18-15-17-12-7-4-10(16)8-13(12)21-15/h2-8H,1H3,(H,17,18,19). The van der Waals surface area contributed by atoms with E-state index >= 15 is 0 Å². The number of methoxy groups -OCH3 is 1. The van der Waals surface area contributed by atoms with E-state index in [9.17, 15) is 9.18 Å². The van der Waals surface area contributed by atoms with Crippen LogP contribution in [0.15, 0.2) is 42.5 Å². The third-order valence-electron chi connectivity index (χ3n) is 2.92. The number of nitrogens with one attached hydrogen (secondary N) is 1. The highest BCUT2D eigenvalue weighted by Crippen LogP contribution is 2.26. The molecule has 1 N–H and O–H groups in total. The Labute approximate surface area is 124 Å². The van der Waals surface area contributed by atoms with E-state index < -0.39 is 0 Å². The van der Waals surface area contributed by atoms with Crippen LogP contribution < -0.4 is 10.1 Å². The molecule has 1 amide bonds. The maximum absolute atomic E-state index is 13.1. The Kier molecular flexibility index (Phi) is 3.53. The van der Waals surface area contributed by atoms with Gasteiger partial charge in [0.2, 0.25) is 0 Å². The summed E-state index contributed by atoms with van der Waals surface area (Å²) in [5, 5.41) is 3.15. The molecule has 106 valence electrons.